The van der Waals surface area contributed by atoms with Crippen LogP contribution in [0.5, 0.6) is 0 Å². The number of nitrogens with two attached hydrogens (primary N) is 1. The fourth-order valence-electron chi connectivity index (χ4n) is 2.11. The van der Waals surface area contributed by atoms with E-state index in [-0.39, 0.29) is 11.9 Å². The second-order valence-electron chi connectivity index (χ2n) is 4.36. The monoisotopic (exact) mass is 234 g/mol. The Morgan fingerprint density at radius 2 is 2.47 bits per heavy atom. The fourth-order valence-corrected chi connectivity index (χ4v) is 2.11. The molecule has 1 aliphatic rings. The van der Waals surface area contributed by atoms with Gasteiger partial charge >= 0.3 is 0 Å². The molecule has 0 saturated carbocycles. The molecule has 2 heterocycles. The molecule has 5 heteroatoms. The van der Waals surface area contributed by atoms with Crippen molar-refractivity contribution in [2.24, 2.45) is 5.73 Å². The predicted molar refractivity (Wildman–Crippen MR) is 65.2 cm³/mol. The zero-order valence-electron chi connectivity index (χ0n) is 10.0. The van der Waals surface area contributed by atoms with Crippen LogP contribution in [0.25, 0.3) is 0 Å². The Balaban J connectivity index is 2.08. The number of amides is 1. The van der Waals surface area contributed by atoms with Gasteiger partial charge in [-0.1, -0.05) is 6.07 Å². The van der Waals surface area contributed by atoms with Crippen molar-refractivity contribution in [3.63, 3.8) is 0 Å². The van der Waals surface area contributed by atoms with Crippen LogP contribution in [0.15, 0.2) is 18.2 Å². The minimum atomic E-state index is -0.273. The van der Waals surface area contributed by atoms with Crippen molar-refractivity contribution in [1.82, 2.24) is 15.2 Å². The normalized spacial score (nSPS) is 21.4. The number of nitrogens with one attached hydrogen (secondary N) is 1. The van der Waals surface area contributed by atoms with E-state index in [1.54, 1.807) is 0 Å². The Hall–Kier alpha value is -1.46. The smallest absolute Gasteiger partial charge is 0.236 e. The van der Waals surface area contributed by atoms with Gasteiger partial charge in [0.1, 0.15) is 6.04 Å². The van der Waals surface area contributed by atoms with Gasteiger partial charge < -0.3 is 11.1 Å². The Kier molecular flexibility index (Phi) is 3.71. The Bertz CT molecular complexity index is 407. The van der Waals surface area contributed by atoms with E-state index in [4.69, 9.17) is 5.73 Å². The van der Waals surface area contributed by atoms with Crippen LogP contribution in [0.2, 0.25) is 0 Å². The van der Waals surface area contributed by atoms with Gasteiger partial charge in [0.25, 0.3) is 0 Å². The third-order valence-corrected chi connectivity index (χ3v) is 2.99. The highest BCUT2D eigenvalue weighted by Crippen LogP contribution is 2.09. The summed E-state index contributed by atoms with van der Waals surface area (Å²) >= 11 is 0. The molecule has 1 saturated heterocycles. The van der Waals surface area contributed by atoms with Crippen LogP contribution in [0, 0.1) is 6.92 Å². The second-order valence-corrected chi connectivity index (χ2v) is 4.36. The first-order valence-electron chi connectivity index (χ1n) is 5.83. The third kappa shape index (κ3) is 3.01. The summed E-state index contributed by atoms with van der Waals surface area (Å²) in [5.41, 5.74) is 7.38. The van der Waals surface area contributed by atoms with Gasteiger partial charge in [0.15, 0.2) is 0 Å². The van der Waals surface area contributed by atoms with E-state index in [1.807, 2.05) is 25.1 Å². The molecule has 2 rings (SSSR count). The number of carbonyl (C=O) groups excluding carboxylic acids is 1. The molecule has 92 valence electrons. The Morgan fingerprint density at radius 1 is 1.65 bits per heavy atom. The molecule has 1 amide bonds. The number of carbonyl (C=O) groups is 1. The van der Waals surface area contributed by atoms with Crippen molar-refractivity contribution in [2.75, 3.05) is 19.6 Å². The molecule has 0 aromatic carbocycles. The summed E-state index contributed by atoms with van der Waals surface area (Å²) in [6.07, 6.45) is 0. The van der Waals surface area contributed by atoms with Crippen LogP contribution in [0.3, 0.4) is 0 Å². The quantitative estimate of drug-likeness (QED) is 0.750. The SMILES string of the molecule is Cc1cccc(CN2CCNCC2C(N)=O)n1. The molecule has 1 aliphatic heterocycles. The molecule has 0 bridgehead atoms. The summed E-state index contributed by atoms with van der Waals surface area (Å²) in [5.74, 6) is -0.273. The van der Waals surface area contributed by atoms with E-state index in [0.29, 0.717) is 13.1 Å². The number of pyridine rings is 1. The summed E-state index contributed by atoms with van der Waals surface area (Å²) in [6.45, 7) is 4.98. The van der Waals surface area contributed by atoms with E-state index in [2.05, 4.69) is 15.2 Å². The highest BCUT2D eigenvalue weighted by molar-refractivity contribution is 5.80. The van der Waals surface area contributed by atoms with Crippen LogP contribution in [0.1, 0.15) is 11.4 Å². The van der Waals surface area contributed by atoms with E-state index in [1.165, 1.54) is 0 Å². The van der Waals surface area contributed by atoms with Crippen LogP contribution in [-0.4, -0.2) is 41.5 Å². The topological polar surface area (TPSA) is 71.2 Å². The summed E-state index contributed by atoms with van der Waals surface area (Å²) in [7, 11) is 0. The Morgan fingerprint density at radius 3 is 3.18 bits per heavy atom. The van der Waals surface area contributed by atoms with Gasteiger partial charge in [-0.05, 0) is 19.1 Å². The highest BCUT2D eigenvalue weighted by atomic mass is 16.1. The molecule has 3 N–H and O–H groups in total. The van der Waals surface area contributed by atoms with Crippen LogP contribution >= 0.6 is 0 Å². The van der Waals surface area contributed by atoms with E-state index < -0.39 is 0 Å². The minimum Gasteiger partial charge on any atom is -0.368 e. The number of rotatable bonds is 3. The number of nitrogens with zero attached hydrogens (tertiary/aromatic N) is 2. The van der Waals surface area contributed by atoms with Gasteiger partial charge in [-0.25, -0.2) is 0 Å². The Labute approximate surface area is 101 Å². The molecule has 1 unspecified atom stereocenters. The van der Waals surface area contributed by atoms with E-state index in [0.717, 1.165) is 24.5 Å². The molecule has 1 aromatic rings. The maximum Gasteiger partial charge on any atom is 0.236 e. The summed E-state index contributed by atoms with van der Waals surface area (Å²) in [4.78, 5) is 17.9. The first-order valence-corrected chi connectivity index (χ1v) is 5.83. The fraction of sp³-hybridized carbons (Fsp3) is 0.500. The molecular weight excluding hydrogens is 216 g/mol. The largest absolute Gasteiger partial charge is 0.368 e. The second kappa shape index (κ2) is 5.25. The maximum atomic E-state index is 11.3. The number of hydrogen-bond acceptors (Lipinski definition) is 4. The standard InChI is InChI=1S/C12H18N4O/c1-9-3-2-4-10(15-9)8-16-6-5-14-7-11(16)12(13)17/h2-4,11,14H,5-8H2,1H3,(H2,13,17). The molecule has 1 aromatic heterocycles. The molecule has 0 spiro atoms. The van der Waals surface area contributed by atoms with Crippen molar-refractivity contribution in [1.29, 1.82) is 0 Å². The van der Waals surface area contributed by atoms with Crippen molar-refractivity contribution < 1.29 is 4.79 Å². The zero-order chi connectivity index (χ0) is 12.3. The first-order chi connectivity index (χ1) is 8.16. The number of hydrogen-bond donors (Lipinski definition) is 2. The van der Waals surface area contributed by atoms with Gasteiger partial charge in [-0.3, -0.25) is 14.7 Å². The van der Waals surface area contributed by atoms with Crippen LogP contribution < -0.4 is 11.1 Å². The van der Waals surface area contributed by atoms with Gasteiger partial charge in [0, 0.05) is 31.9 Å². The van der Waals surface area contributed by atoms with Crippen molar-refractivity contribution in [2.45, 2.75) is 19.5 Å². The molecule has 1 fully saturated rings. The average molecular weight is 234 g/mol. The van der Waals surface area contributed by atoms with Gasteiger partial charge in [-0.2, -0.15) is 0 Å². The van der Waals surface area contributed by atoms with Gasteiger partial charge in [-0.15, -0.1) is 0 Å². The molecule has 0 radical (unpaired) electrons. The molecule has 17 heavy (non-hydrogen) atoms. The predicted octanol–water partition coefficient (Wildman–Crippen LogP) is -0.351. The number of primary amides is 1. The van der Waals surface area contributed by atoms with Crippen molar-refractivity contribution >= 4 is 5.91 Å². The lowest BCUT2D eigenvalue weighted by Gasteiger charge is -2.33. The van der Waals surface area contributed by atoms with Crippen molar-refractivity contribution in [3.8, 4) is 0 Å². The van der Waals surface area contributed by atoms with Gasteiger partial charge in [0.2, 0.25) is 5.91 Å². The summed E-state index contributed by atoms with van der Waals surface area (Å²) in [5, 5.41) is 3.18. The van der Waals surface area contributed by atoms with Crippen LogP contribution in [-0.2, 0) is 11.3 Å². The van der Waals surface area contributed by atoms with Crippen molar-refractivity contribution in [3.05, 3.63) is 29.6 Å². The lowest BCUT2D eigenvalue weighted by molar-refractivity contribution is -0.124. The molecule has 0 aliphatic carbocycles. The van der Waals surface area contributed by atoms with Crippen LogP contribution in [0.4, 0.5) is 0 Å². The lowest BCUT2D eigenvalue weighted by Crippen LogP contribution is -2.56. The average Bonchev–Trinajstić information content (AvgIpc) is 2.29. The zero-order valence-corrected chi connectivity index (χ0v) is 10.0. The number of piperazine rings is 1. The lowest BCUT2D eigenvalue weighted by atomic mass is 10.1. The van der Waals surface area contributed by atoms with E-state index >= 15 is 0 Å². The maximum absolute atomic E-state index is 11.3. The first kappa shape index (κ1) is 12.0. The third-order valence-electron chi connectivity index (χ3n) is 2.99. The minimum absolute atomic E-state index is 0.230. The molecule has 5 nitrogen and oxygen atoms in total. The summed E-state index contributed by atoms with van der Waals surface area (Å²) in [6, 6.07) is 5.70. The molecular formula is C12H18N4O. The number of aryl methyl sites for hydroxylation is 1. The highest BCUT2D eigenvalue weighted by Gasteiger charge is 2.26. The van der Waals surface area contributed by atoms with Gasteiger partial charge in [0.05, 0.1) is 5.69 Å². The summed E-state index contributed by atoms with van der Waals surface area (Å²) < 4.78 is 0. The number of aromatic nitrogens is 1. The molecule has 1 atom stereocenters. The van der Waals surface area contributed by atoms with E-state index in [9.17, 15) is 4.79 Å².